The molecule has 0 unspecified atom stereocenters. The van der Waals surface area contributed by atoms with Gasteiger partial charge >= 0.3 is 5.97 Å². The minimum atomic E-state index is -2.88. The summed E-state index contributed by atoms with van der Waals surface area (Å²) in [4.78, 5) is 22.5. The van der Waals surface area contributed by atoms with Crippen LogP contribution in [0.15, 0.2) is 23.0 Å². The van der Waals surface area contributed by atoms with Crippen LogP contribution in [0.4, 0.5) is 8.78 Å². The molecule has 1 aromatic heterocycles. The van der Waals surface area contributed by atoms with Crippen LogP contribution >= 0.6 is 0 Å². The Bertz CT molecular complexity index is 710. The smallest absolute Gasteiger partial charge is 0.325 e. The summed E-state index contributed by atoms with van der Waals surface area (Å²) in [6, 6.07) is 4.44. The molecule has 7 heteroatoms. The van der Waals surface area contributed by atoms with E-state index in [0.717, 1.165) is 0 Å². The number of alkyl halides is 2. The quantitative estimate of drug-likeness (QED) is 0.920. The number of fused-ring (bicyclic) bond motifs is 1. The molecule has 0 aliphatic rings. The minimum Gasteiger partial charge on any atom is -0.480 e. The summed E-state index contributed by atoms with van der Waals surface area (Å²) >= 11 is 0. The molecule has 0 amide bonds. The van der Waals surface area contributed by atoms with Crippen molar-refractivity contribution in [1.82, 2.24) is 9.78 Å². The number of carboxylic acids is 1. The zero-order valence-electron chi connectivity index (χ0n) is 9.93. The molecule has 0 fully saturated rings. The third-order valence-corrected chi connectivity index (χ3v) is 2.64. The van der Waals surface area contributed by atoms with Gasteiger partial charge in [-0.2, -0.15) is 5.10 Å². The van der Waals surface area contributed by atoms with E-state index in [-0.39, 0.29) is 10.8 Å². The standard InChI is InChI=1S/C12H10F2N2O3/c1-6-2-3-7-8(4-6)10(11(13)14)15-16(12(7)19)5-9(17)18/h2-4,11H,5H2,1H3,(H,17,18). The molecule has 19 heavy (non-hydrogen) atoms. The maximum atomic E-state index is 13.0. The molecule has 1 aromatic carbocycles. The van der Waals surface area contributed by atoms with Gasteiger partial charge in [-0.15, -0.1) is 0 Å². The maximum Gasteiger partial charge on any atom is 0.325 e. The summed E-state index contributed by atoms with van der Waals surface area (Å²) in [5.74, 6) is -1.32. The largest absolute Gasteiger partial charge is 0.480 e. The lowest BCUT2D eigenvalue weighted by Gasteiger charge is -2.09. The lowest BCUT2D eigenvalue weighted by Crippen LogP contribution is -2.28. The van der Waals surface area contributed by atoms with Crippen molar-refractivity contribution in [2.45, 2.75) is 19.9 Å². The highest BCUT2D eigenvalue weighted by Gasteiger charge is 2.18. The molecule has 0 saturated carbocycles. The lowest BCUT2D eigenvalue weighted by atomic mass is 10.1. The zero-order chi connectivity index (χ0) is 14.2. The van der Waals surface area contributed by atoms with E-state index < -0.39 is 30.2 Å². The summed E-state index contributed by atoms with van der Waals surface area (Å²) in [6.07, 6.45) is -2.88. The second kappa shape index (κ2) is 4.75. The highest BCUT2D eigenvalue weighted by atomic mass is 19.3. The summed E-state index contributed by atoms with van der Waals surface area (Å²) in [6.45, 7) is 0.958. The number of rotatable bonds is 3. The van der Waals surface area contributed by atoms with Crippen molar-refractivity contribution in [2.24, 2.45) is 0 Å². The van der Waals surface area contributed by atoms with Gasteiger partial charge in [-0.05, 0) is 19.1 Å². The normalized spacial score (nSPS) is 11.2. The molecular formula is C12H10F2N2O3. The van der Waals surface area contributed by atoms with Gasteiger partial charge in [0, 0.05) is 5.39 Å². The van der Waals surface area contributed by atoms with Gasteiger partial charge in [0.25, 0.3) is 12.0 Å². The van der Waals surface area contributed by atoms with Crippen LogP contribution in [0.1, 0.15) is 17.7 Å². The highest BCUT2D eigenvalue weighted by Crippen LogP contribution is 2.24. The maximum absolute atomic E-state index is 13.0. The topological polar surface area (TPSA) is 72.2 Å². The van der Waals surface area contributed by atoms with Gasteiger partial charge in [0.1, 0.15) is 12.2 Å². The first-order chi connectivity index (χ1) is 8.90. The SMILES string of the molecule is Cc1ccc2c(=O)n(CC(=O)O)nc(C(F)F)c2c1. The van der Waals surface area contributed by atoms with E-state index in [1.54, 1.807) is 13.0 Å². The molecule has 0 saturated heterocycles. The second-order valence-corrected chi connectivity index (χ2v) is 4.09. The Morgan fingerprint density at radius 3 is 2.68 bits per heavy atom. The van der Waals surface area contributed by atoms with E-state index in [2.05, 4.69) is 5.10 Å². The van der Waals surface area contributed by atoms with Crippen molar-refractivity contribution in [3.05, 3.63) is 39.8 Å². The van der Waals surface area contributed by atoms with Crippen LogP contribution in [0, 0.1) is 6.92 Å². The Morgan fingerprint density at radius 2 is 2.11 bits per heavy atom. The average molecular weight is 268 g/mol. The monoisotopic (exact) mass is 268 g/mol. The van der Waals surface area contributed by atoms with Crippen LogP contribution in [0.5, 0.6) is 0 Å². The lowest BCUT2D eigenvalue weighted by molar-refractivity contribution is -0.138. The summed E-state index contributed by atoms with van der Waals surface area (Å²) in [7, 11) is 0. The number of hydrogen-bond donors (Lipinski definition) is 1. The number of carboxylic acid groups (broad SMARTS) is 1. The number of halogens is 2. The molecule has 0 radical (unpaired) electrons. The van der Waals surface area contributed by atoms with Crippen LogP contribution in [0.2, 0.25) is 0 Å². The Hall–Kier alpha value is -2.31. The fourth-order valence-corrected chi connectivity index (χ4v) is 1.82. The van der Waals surface area contributed by atoms with E-state index in [1.807, 2.05) is 0 Å². The zero-order valence-corrected chi connectivity index (χ0v) is 9.93. The van der Waals surface area contributed by atoms with Gasteiger partial charge in [0.15, 0.2) is 0 Å². The molecule has 100 valence electrons. The molecule has 5 nitrogen and oxygen atoms in total. The van der Waals surface area contributed by atoms with Gasteiger partial charge in [-0.1, -0.05) is 11.6 Å². The predicted octanol–water partition coefficient (Wildman–Crippen LogP) is 1.73. The molecule has 0 aliphatic carbocycles. The number of carbonyl (C=O) groups is 1. The molecule has 0 bridgehead atoms. The van der Waals surface area contributed by atoms with Crippen molar-refractivity contribution in [3.63, 3.8) is 0 Å². The summed E-state index contributed by atoms with van der Waals surface area (Å²) in [5, 5.41) is 12.2. The molecule has 2 rings (SSSR count). The first-order valence-electron chi connectivity index (χ1n) is 5.41. The molecule has 0 aliphatic heterocycles. The highest BCUT2D eigenvalue weighted by molar-refractivity contribution is 5.84. The minimum absolute atomic E-state index is 0.0390. The summed E-state index contributed by atoms with van der Waals surface area (Å²) in [5.41, 5.74) is -0.562. The number of hydrogen-bond acceptors (Lipinski definition) is 3. The van der Waals surface area contributed by atoms with E-state index in [0.29, 0.717) is 10.2 Å². The van der Waals surface area contributed by atoms with Gasteiger partial charge in [0.2, 0.25) is 0 Å². The van der Waals surface area contributed by atoms with Crippen molar-refractivity contribution in [2.75, 3.05) is 0 Å². The fourth-order valence-electron chi connectivity index (χ4n) is 1.82. The third-order valence-electron chi connectivity index (χ3n) is 2.64. The summed E-state index contributed by atoms with van der Waals surface area (Å²) < 4.78 is 26.4. The Balaban J connectivity index is 2.82. The van der Waals surface area contributed by atoms with Gasteiger partial charge in [-0.3, -0.25) is 9.59 Å². The molecular weight excluding hydrogens is 258 g/mol. The first kappa shape index (κ1) is 13.1. The number of nitrogens with zero attached hydrogens (tertiary/aromatic N) is 2. The molecule has 1 N–H and O–H groups in total. The molecule has 0 spiro atoms. The van der Waals surface area contributed by atoms with Gasteiger partial charge in [-0.25, -0.2) is 13.5 Å². The Kier molecular flexibility index (Phi) is 3.28. The van der Waals surface area contributed by atoms with Crippen LogP contribution in [0.25, 0.3) is 10.8 Å². The molecule has 0 atom stereocenters. The third kappa shape index (κ3) is 2.44. The number of aryl methyl sites for hydroxylation is 1. The predicted molar refractivity (Wildman–Crippen MR) is 63.3 cm³/mol. The van der Waals surface area contributed by atoms with E-state index in [9.17, 15) is 18.4 Å². The van der Waals surface area contributed by atoms with E-state index in [1.165, 1.54) is 12.1 Å². The van der Waals surface area contributed by atoms with Crippen molar-refractivity contribution in [3.8, 4) is 0 Å². The number of aromatic nitrogens is 2. The Labute approximate surface area is 106 Å². The van der Waals surface area contributed by atoms with E-state index in [4.69, 9.17) is 5.11 Å². The number of aliphatic carboxylic acids is 1. The number of benzene rings is 1. The van der Waals surface area contributed by atoms with Crippen LogP contribution in [0.3, 0.4) is 0 Å². The van der Waals surface area contributed by atoms with Crippen LogP contribution in [-0.4, -0.2) is 20.9 Å². The fraction of sp³-hybridized carbons (Fsp3) is 0.250. The van der Waals surface area contributed by atoms with Crippen LogP contribution in [-0.2, 0) is 11.3 Å². The first-order valence-corrected chi connectivity index (χ1v) is 5.41. The Morgan fingerprint density at radius 1 is 1.42 bits per heavy atom. The van der Waals surface area contributed by atoms with Crippen molar-refractivity contribution in [1.29, 1.82) is 0 Å². The van der Waals surface area contributed by atoms with Crippen LogP contribution < -0.4 is 5.56 Å². The average Bonchev–Trinajstić information content (AvgIpc) is 2.31. The van der Waals surface area contributed by atoms with Crippen molar-refractivity contribution >= 4 is 16.7 Å². The van der Waals surface area contributed by atoms with Gasteiger partial charge in [0.05, 0.1) is 5.39 Å². The molecule has 1 heterocycles. The second-order valence-electron chi connectivity index (χ2n) is 4.09. The van der Waals surface area contributed by atoms with Crippen molar-refractivity contribution < 1.29 is 18.7 Å². The molecule has 2 aromatic rings. The van der Waals surface area contributed by atoms with Gasteiger partial charge < -0.3 is 5.11 Å². The van der Waals surface area contributed by atoms with E-state index >= 15 is 0 Å².